The van der Waals surface area contributed by atoms with Crippen LogP contribution < -0.4 is 5.32 Å². The molecule has 0 saturated carbocycles. The third kappa shape index (κ3) is 1.79. The molecular weight excluding hydrogens is 184 g/mol. The number of carbonyl (C=O) groups is 1. The van der Waals surface area contributed by atoms with Gasteiger partial charge < -0.3 is 9.84 Å². The van der Waals surface area contributed by atoms with Crippen LogP contribution in [0.3, 0.4) is 0 Å². The lowest BCUT2D eigenvalue weighted by Gasteiger charge is -1.98. The van der Waals surface area contributed by atoms with Crippen LogP contribution in [-0.2, 0) is 6.54 Å². The summed E-state index contributed by atoms with van der Waals surface area (Å²) in [5, 5.41) is 12.5. The zero-order valence-electron chi connectivity index (χ0n) is 7.23. The highest BCUT2D eigenvalue weighted by Crippen LogP contribution is 1.97. The number of carbonyl (C=O) groups excluding carboxylic acids is 1. The molecule has 2 aromatic rings. The van der Waals surface area contributed by atoms with Crippen LogP contribution in [0.15, 0.2) is 29.2 Å². The molecule has 72 valence electrons. The van der Waals surface area contributed by atoms with Crippen molar-refractivity contribution in [3.05, 3.63) is 36.0 Å². The average Bonchev–Trinajstić information content (AvgIpc) is 2.87. The summed E-state index contributed by atoms with van der Waals surface area (Å²) in [5.41, 5.74) is 0.901. The van der Waals surface area contributed by atoms with Crippen LogP contribution in [0.1, 0.15) is 16.1 Å². The van der Waals surface area contributed by atoms with Gasteiger partial charge in [0.2, 0.25) is 5.76 Å². The molecule has 0 atom stereocenters. The molecule has 0 aromatic carbocycles. The van der Waals surface area contributed by atoms with Crippen LogP contribution in [0, 0.1) is 0 Å². The van der Waals surface area contributed by atoms with Gasteiger partial charge in [0.25, 0.3) is 5.91 Å². The first-order valence-electron chi connectivity index (χ1n) is 4.03. The van der Waals surface area contributed by atoms with Crippen LogP contribution >= 0.6 is 0 Å². The monoisotopic (exact) mass is 192 g/mol. The lowest BCUT2D eigenvalue weighted by Crippen LogP contribution is -2.21. The summed E-state index contributed by atoms with van der Waals surface area (Å²) in [6.07, 6.45) is 4.77. The molecule has 6 nitrogen and oxygen atoms in total. The molecule has 1 amide bonds. The van der Waals surface area contributed by atoms with E-state index < -0.39 is 0 Å². The topological polar surface area (TPSA) is 83.8 Å². The van der Waals surface area contributed by atoms with Crippen molar-refractivity contribution in [3.63, 3.8) is 0 Å². The number of amides is 1. The van der Waals surface area contributed by atoms with Crippen LogP contribution in [0.4, 0.5) is 0 Å². The first-order valence-corrected chi connectivity index (χ1v) is 4.03. The Hall–Kier alpha value is -2.11. The Morgan fingerprint density at radius 2 is 2.57 bits per heavy atom. The minimum absolute atomic E-state index is 0.202. The van der Waals surface area contributed by atoms with Gasteiger partial charge in [-0.1, -0.05) is 5.16 Å². The van der Waals surface area contributed by atoms with Gasteiger partial charge in [-0.25, -0.2) is 0 Å². The number of nitrogens with zero attached hydrogens (tertiary/aromatic N) is 2. The van der Waals surface area contributed by atoms with Gasteiger partial charge in [-0.3, -0.25) is 9.89 Å². The molecule has 6 heteroatoms. The second-order valence-corrected chi connectivity index (χ2v) is 2.67. The second kappa shape index (κ2) is 3.73. The Kier molecular flexibility index (Phi) is 2.26. The van der Waals surface area contributed by atoms with E-state index in [1.54, 1.807) is 12.4 Å². The molecular formula is C8H8N4O2. The Morgan fingerprint density at radius 1 is 1.64 bits per heavy atom. The van der Waals surface area contributed by atoms with Gasteiger partial charge in [-0.15, -0.1) is 0 Å². The first kappa shape index (κ1) is 8.49. The summed E-state index contributed by atoms with van der Waals surface area (Å²) in [4.78, 5) is 11.3. The van der Waals surface area contributed by atoms with E-state index >= 15 is 0 Å². The quantitative estimate of drug-likeness (QED) is 0.733. The van der Waals surface area contributed by atoms with Crippen molar-refractivity contribution in [2.24, 2.45) is 0 Å². The Labute approximate surface area is 79.3 Å². The van der Waals surface area contributed by atoms with E-state index in [2.05, 4.69) is 25.2 Å². The molecule has 0 spiro atoms. The summed E-state index contributed by atoms with van der Waals surface area (Å²) >= 11 is 0. The molecule has 0 aliphatic carbocycles. The predicted molar refractivity (Wildman–Crippen MR) is 46.3 cm³/mol. The van der Waals surface area contributed by atoms with Crippen LogP contribution in [-0.4, -0.2) is 21.3 Å². The van der Waals surface area contributed by atoms with Crippen LogP contribution in [0.25, 0.3) is 0 Å². The standard InChI is InChI=1S/C8H8N4O2/c13-8(7-1-2-12-14-7)9-3-6-4-10-11-5-6/h1-2,4-5H,3H2,(H,9,13)(H,10,11). The molecule has 0 fully saturated rings. The summed E-state index contributed by atoms with van der Waals surface area (Å²) in [6.45, 7) is 0.413. The third-order valence-electron chi connectivity index (χ3n) is 1.67. The maximum absolute atomic E-state index is 11.3. The van der Waals surface area contributed by atoms with Crippen molar-refractivity contribution in [2.75, 3.05) is 0 Å². The van der Waals surface area contributed by atoms with E-state index in [0.29, 0.717) is 6.54 Å². The van der Waals surface area contributed by atoms with E-state index in [1.165, 1.54) is 12.3 Å². The molecule has 0 saturated heterocycles. The minimum atomic E-state index is -0.288. The van der Waals surface area contributed by atoms with Crippen molar-refractivity contribution in [1.29, 1.82) is 0 Å². The van der Waals surface area contributed by atoms with Gasteiger partial charge in [-0.2, -0.15) is 5.10 Å². The van der Waals surface area contributed by atoms with Gasteiger partial charge in [0.05, 0.1) is 12.4 Å². The van der Waals surface area contributed by atoms with E-state index in [0.717, 1.165) is 5.56 Å². The smallest absolute Gasteiger partial charge is 0.290 e. The highest BCUT2D eigenvalue weighted by atomic mass is 16.5. The van der Waals surface area contributed by atoms with Crippen molar-refractivity contribution in [1.82, 2.24) is 20.7 Å². The van der Waals surface area contributed by atoms with Crippen molar-refractivity contribution in [3.8, 4) is 0 Å². The lowest BCUT2D eigenvalue weighted by atomic mass is 10.3. The van der Waals surface area contributed by atoms with Crippen LogP contribution in [0.2, 0.25) is 0 Å². The van der Waals surface area contributed by atoms with E-state index in [1.807, 2.05) is 0 Å². The molecule has 14 heavy (non-hydrogen) atoms. The maximum atomic E-state index is 11.3. The van der Waals surface area contributed by atoms with E-state index in [9.17, 15) is 4.79 Å². The summed E-state index contributed by atoms with van der Waals surface area (Å²) in [5.74, 6) is -0.0859. The van der Waals surface area contributed by atoms with Gasteiger partial charge in [-0.05, 0) is 0 Å². The second-order valence-electron chi connectivity index (χ2n) is 2.67. The highest BCUT2D eigenvalue weighted by molar-refractivity contribution is 5.91. The Morgan fingerprint density at radius 3 is 3.21 bits per heavy atom. The zero-order valence-corrected chi connectivity index (χ0v) is 7.23. The zero-order chi connectivity index (χ0) is 9.80. The number of hydrogen-bond acceptors (Lipinski definition) is 4. The number of nitrogens with one attached hydrogen (secondary N) is 2. The van der Waals surface area contributed by atoms with Gasteiger partial charge >= 0.3 is 0 Å². The SMILES string of the molecule is O=C(NCc1cn[nH]c1)c1ccno1. The summed E-state index contributed by atoms with van der Waals surface area (Å²) < 4.78 is 4.68. The number of rotatable bonds is 3. The molecule has 0 aliphatic heterocycles. The fourth-order valence-electron chi connectivity index (χ4n) is 0.977. The maximum Gasteiger partial charge on any atom is 0.290 e. The number of aromatic amines is 1. The van der Waals surface area contributed by atoms with Crippen molar-refractivity contribution in [2.45, 2.75) is 6.54 Å². The molecule has 0 unspecified atom stereocenters. The fourth-order valence-corrected chi connectivity index (χ4v) is 0.977. The van der Waals surface area contributed by atoms with Crippen molar-refractivity contribution >= 4 is 5.91 Å². The van der Waals surface area contributed by atoms with Gasteiger partial charge in [0.15, 0.2) is 0 Å². The molecule has 2 aromatic heterocycles. The van der Waals surface area contributed by atoms with E-state index in [4.69, 9.17) is 0 Å². The summed E-state index contributed by atoms with van der Waals surface area (Å²) in [6, 6.07) is 1.50. The lowest BCUT2D eigenvalue weighted by molar-refractivity contribution is 0.0914. The molecule has 0 bridgehead atoms. The van der Waals surface area contributed by atoms with Crippen molar-refractivity contribution < 1.29 is 9.32 Å². The first-order chi connectivity index (χ1) is 6.86. The minimum Gasteiger partial charge on any atom is -0.351 e. The Balaban J connectivity index is 1.90. The summed E-state index contributed by atoms with van der Waals surface area (Å²) in [7, 11) is 0. The number of H-pyrrole nitrogens is 1. The normalized spacial score (nSPS) is 10.0. The largest absolute Gasteiger partial charge is 0.351 e. The highest BCUT2D eigenvalue weighted by Gasteiger charge is 2.08. The Bertz CT molecular complexity index is 393. The number of aromatic nitrogens is 3. The molecule has 2 rings (SSSR count). The molecule has 0 aliphatic rings. The van der Waals surface area contributed by atoms with Gasteiger partial charge in [0.1, 0.15) is 0 Å². The molecule has 0 radical (unpaired) electrons. The molecule has 2 N–H and O–H groups in total. The van der Waals surface area contributed by atoms with Crippen LogP contribution in [0.5, 0.6) is 0 Å². The third-order valence-corrected chi connectivity index (χ3v) is 1.67. The average molecular weight is 192 g/mol. The van der Waals surface area contributed by atoms with E-state index in [-0.39, 0.29) is 11.7 Å². The fraction of sp³-hybridized carbons (Fsp3) is 0.125. The predicted octanol–water partition coefficient (Wildman–Crippen LogP) is 0.328. The van der Waals surface area contributed by atoms with Gasteiger partial charge in [0, 0.05) is 24.4 Å². The molecule has 2 heterocycles. The number of hydrogen-bond donors (Lipinski definition) is 2.